The van der Waals surface area contributed by atoms with Crippen LogP contribution in [0.3, 0.4) is 0 Å². The summed E-state index contributed by atoms with van der Waals surface area (Å²) in [6.07, 6.45) is 1.99. The molecule has 0 aliphatic carbocycles. The zero-order valence-electron chi connectivity index (χ0n) is 9.43. The maximum absolute atomic E-state index is 11.4. The van der Waals surface area contributed by atoms with Crippen molar-refractivity contribution < 1.29 is 9.53 Å². The molecule has 0 atom stereocenters. The lowest BCUT2D eigenvalue weighted by Gasteiger charge is -1.98. The lowest BCUT2D eigenvalue weighted by molar-refractivity contribution is 0.0601. The number of rotatable bonds is 1. The van der Waals surface area contributed by atoms with E-state index in [1.165, 1.54) is 7.11 Å². The molecule has 0 radical (unpaired) electrons. The fourth-order valence-corrected chi connectivity index (χ4v) is 2.95. The van der Waals surface area contributed by atoms with Crippen LogP contribution >= 0.6 is 11.3 Å². The Morgan fingerprint density at radius 3 is 3.06 bits per heavy atom. The van der Waals surface area contributed by atoms with Gasteiger partial charge in [-0.25, -0.2) is 9.78 Å². The van der Waals surface area contributed by atoms with Crippen LogP contribution in [0.2, 0.25) is 0 Å². The largest absolute Gasteiger partial charge is 0.465 e. The fourth-order valence-electron chi connectivity index (χ4n) is 1.86. The first kappa shape index (κ1) is 10.3. The van der Waals surface area contributed by atoms with Crippen LogP contribution in [-0.4, -0.2) is 22.5 Å². The average molecular weight is 246 g/mol. The maximum atomic E-state index is 11.4. The quantitative estimate of drug-likeness (QED) is 0.620. The smallest absolute Gasteiger partial charge is 0.337 e. The number of hydrogen-bond acceptors (Lipinski definition) is 4. The number of esters is 1. The molecule has 0 aliphatic heterocycles. The van der Waals surface area contributed by atoms with E-state index in [2.05, 4.69) is 4.98 Å². The van der Waals surface area contributed by atoms with Gasteiger partial charge in [0.1, 0.15) is 0 Å². The van der Waals surface area contributed by atoms with Crippen molar-refractivity contribution in [1.29, 1.82) is 0 Å². The van der Waals surface area contributed by atoms with E-state index in [4.69, 9.17) is 4.74 Å². The lowest BCUT2D eigenvalue weighted by atomic mass is 10.2. The van der Waals surface area contributed by atoms with Crippen molar-refractivity contribution in [1.82, 2.24) is 9.38 Å². The Morgan fingerprint density at radius 2 is 2.29 bits per heavy atom. The van der Waals surface area contributed by atoms with Crippen LogP contribution in [0.15, 0.2) is 24.4 Å². The van der Waals surface area contributed by atoms with E-state index < -0.39 is 0 Å². The van der Waals surface area contributed by atoms with Crippen LogP contribution in [0, 0.1) is 6.92 Å². The molecule has 4 nitrogen and oxygen atoms in total. The highest BCUT2D eigenvalue weighted by atomic mass is 32.1. The number of fused-ring (bicyclic) bond motifs is 3. The molecule has 3 aromatic rings. The number of ether oxygens (including phenoxy) is 1. The molecule has 3 rings (SSSR count). The topological polar surface area (TPSA) is 43.6 Å². The summed E-state index contributed by atoms with van der Waals surface area (Å²) in [5.74, 6) is -0.311. The van der Waals surface area contributed by atoms with E-state index in [0.717, 1.165) is 20.9 Å². The molecule has 5 heteroatoms. The second kappa shape index (κ2) is 3.56. The molecule has 0 unspecified atom stereocenters. The first-order valence-corrected chi connectivity index (χ1v) is 5.97. The summed E-state index contributed by atoms with van der Waals surface area (Å²) >= 11 is 1.57. The van der Waals surface area contributed by atoms with Gasteiger partial charge in [-0.1, -0.05) is 11.3 Å². The SMILES string of the molecule is COC(=O)c1ccc2c(c1)sc1nc(C)cn12. The molecule has 1 aromatic carbocycles. The normalized spacial score (nSPS) is 11.2. The third kappa shape index (κ3) is 1.51. The van der Waals surface area contributed by atoms with Crippen LogP contribution in [0.5, 0.6) is 0 Å². The van der Waals surface area contributed by atoms with Gasteiger partial charge in [0.15, 0.2) is 4.96 Å². The third-order valence-electron chi connectivity index (χ3n) is 2.64. The Balaban J connectivity index is 2.27. The van der Waals surface area contributed by atoms with E-state index >= 15 is 0 Å². The maximum Gasteiger partial charge on any atom is 0.337 e. The fraction of sp³-hybridized carbons (Fsp3) is 0.167. The number of nitrogens with zero attached hydrogens (tertiary/aromatic N) is 2. The van der Waals surface area contributed by atoms with Crippen LogP contribution in [-0.2, 0) is 4.74 Å². The predicted octanol–water partition coefficient (Wildman–Crippen LogP) is 2.64. The number of aryl methyl sites for hydroxylation is 1. The Bertz CT molecular complexity index is 727. The Morgan fingerprint density at radius 1 is 1.47 bits per heavy atom. The monoisotopic (exact) mass is 246 g/mol. The van der Waals surface area contributed by atoms with Crippen LogP contribution in [0.25, 0.3) is 15.2 Å². The van der Waals surface area contributed by atoms with Gasteiger partial charge in [0.05, 0.1) is 28.6 Å². The Labute approximate surface area is 101 Å². The van der Waals surface area contributed by atoms with Gasteiger partial charge >= 0.3 is 5.97 Å². The number of benzene rings is 1. The van der Waals surface area contributed by atoms with Crippen LogP contribution in [0.4, 0.5) is 0 Å². The van der Waals surface area contributed by atoms with Gasteiger partial charge in [-0.15, -0.1) is 0 Å². The van der Waals surface area contributed by atoms with E-state index in [-0.39, 0.29) is 5.97 Å². The van der Waals surface area contributed by atoms with E-state index in [9.17, 15) is 4.79 Å². The van der Waals surface area contributed by atoms with Crippen molar-refractivity contribution >= 4 is 32.5 Å². The number of imidazole rings is 1. The van der Waals surface area contributed by atoms with Crippen molar-refractivity contribution in [3.63, 3.8) is 0 Å². The number of thiazole rings is 1. The van der Waals surface area contributed by atoms with Gasteiger partial charge in [-0.05, 0) is 25.1 Å². The molecule has 17 heavy (non-hydrogen) atoms. The summed E-state index contributed by atoms with van der Waals surface area (Å²) < 4.78 is 7.78. The van der Waals surface area contributed by atoms with Crippen molar-refractivity contribution in [3.05, 3.63) is 35.7 Å². The highest BCUT2D eigenvalue weighted by molar-refractivity contribution is 7.23. The van der Waals surface area contributed by atoms with Gasteiger partial charge in [0, 0.05) is 6.20 Å². The minimum absolute atomic E-state index is 0.311. The molecule has 0 saturated carbocycles. The molecule has 0 aliphatic rings. The predicted molar refractivity (Wildman–Crippen MR) is 66.7 cm³/mol. The molecule has 0 N–H and O–H groups in total. The molecule has 0 fully saturated rings. The zero-order valence-corrected chi connectivity index (χ0v) is 10.2. The number of aromatic nitrogens is 2. The van der Waals surface area contributed by atoms with Gasteiger partial charge < -0.3 is 4.74 Å². The number of methoxy groups -OCH3 is 1. The van der Waals surface area contributed by atoms with Gasteiger partial charge in [0.25, 0.3) is 0 Å². The average Bonchev–Trinajstić information content (AvgIpc) is 2.82. The van der Waals surface area contributed by atoms with E-state index in [0.29, 0.717) is 5.56 Å². The van der Waals surface area contributed by atoms with Crippen LogP contribution < -0.4 is 0 Å². The molecule has 2 aromatic heterocycles. The highest BCUT2D eigenvalue weighted by Gasteiger charge is 2.10. The van der Waals surface area contributed by atoms with Gasteiger partial charge in [-0.2, -0.15) is 0 Å². The Kier molecular flexibility index (Phi) is 2.16. The summed E-state index contributed by atoms with van der Waals surface area (Å²) in [7, 11) is 1.39. The summed E-state index contributed by atoms with van der Waals surface area (Å²) in [5, 5.41) is 0. The zero-order chi connectivity index (χ0) is 12.0. The molecular formula is C12H10N2O2S. The molecule has 0 spiro atoms. The van der Waals surface area contributed by atoms with Gasteiger partial charge in [-0.3, -0.25) is 4.40 Å². The van der Waals surface area contributed by atoms with Crippen molar-refractivity contribution in [2.45, 2.75) is 6.92 Å². The summed E-state index contributed by atoms with van der Waals surface area (Å²) in [5.41, 5.74) is 2.63. The number of carbonyl (C=O) groups excluding carboxylic acids is 1. The van der Waals surface area contributed by atoms with Crippen molar-refractivity contribution in [3.8, 4) is 0 Å². The first-order valence-electron chi connectivity index (χ1n) is 5.15. The third-order valence-corrected chi connectivity index (χ3v) is 3.65. The molecule has 86 valence electrons. The molecular weight excluding hydrogens is 236 g/mol. The molecule has 0 bridgehead atoms. The lowest BCUT2D eigenvalue weighted by Crippen LogP contribution is -2.00. The van der Waals surface area contributed by atoms with E-state index in [1.807, 2.05) is 29.7 Å². The minimum atomic E-state index is -0.311. The summed E-state index contributed by atoms with van der Waals surface area (Å²) in [6.45, 7) is 1.97. The van der Waals surface area contributed by atoms with Crippen LogP contribution in [0.1, 0.15) is 16.1 Å². The number of carbonyl (C=O) groups is 1. The number of hydrogen-bond donors (Lipinski definition) is 0. The standard InChI is InChI=1S/C12H10N2O2S/c1-7-6-14-9-4-3-8(11(15)16-2)5-10(9)17-12(14)13-7/h3-6H,1-2H3. The molecule has 0 saturated heterocycles. The van der Waals surface area contributed by atoms with Crippen molar-refractivity contribution in [2.24, 2.45) is 0 Å². The van der Waals surface area contributed by atoms with Crippen molar-refractivity contribution in [2.75, 3.05) is 7.11 Å². The van der Waals surface area contributed by atoms with E-state index in [1.54, 1.807) is 17.4 Å². The molecule has 0 amide bonds. The van der Waals surface area contributed by atoms with Gasteiger partial charge in [0.2, 0.25) is 0 Å². The second-order valence-corrected chi connectivity index (χ2v) is 4.82. The summed E-state index contributed by atoms with van der Waals surface area (Å²) in [6, 6.07) is 5.54. The highest BCUT2D eigenvalue weighted by Crippen LogP contribution is 2.27. The molecule has 2 heterocycles. The first-order chi connectivity index (χ1) is 8.19. The second-order valence-electron chi connectivity index (χ2n) is 3.81. The minimum Gasteiger partial charge on any atom is -0.465 e. The summed E-state index contributed by atoms with van der Waals surface area (Å²) in [4.78, 5) is 16.8. The Hall–Kier alpha value is -1.88.